The Morgan fingerprint density at radius 1 is 1.26 bits per heavy atom. The predicted octanol–water partition coefficient (Wildman–Crippen LogP) is 3.79. The summed E-state index contributed by atoms with van der Waals surface area (Å²) >= 11 is 6.10. The fourth-order valence-electron chi connectivity index (χ4n) is 2.50. The summed E-state index contributed by atoms with van der Waals surface area (Å²) in [6, 6.07) is 6.13. The number of halogens is 1. The highest BCUT2D eigenvalue weighted by Crippen LogP contribution is 2.25. The summed E-state index contributed by atoms with van der Waals surface area (Å²) in [5, 5.41) is 4.02. The first-order chi connectivity index (χ1) is 9.08. The second kappa shape index (κ2) is 6.29. The van der Waals surface area contributed by atoms with E-state index in [9.17, 15) is 4.79 Å². The van der Waals surface area contributed by atoms with E-state index in [1.54, 1.807) is 25.1 Å². The Bertz CT molecular complexity index is 453. The van der Waals surface area contributed by atoms with Gasteiger partial charge in [0.1, 0.15) is 0 Å². The molecule has 0 radical (unpaired) electrons. The number of carbonyl (C=O) groups is 1. The standard InChI is InChI=1S/C15H21ClN2O/c1-18(2)15(19)13-10-12(8-9-14(13)16)17-11-6-4-3-5-7-11/h8-11,17H,3-7H2,1-2H3. The van der Waals surface area contributed by atoms with E-state index in [4.69, 9.17) is 11.6 Å². The average molecular weight is 281 g/mol. The van der Waals surface area contributed by atoms with Crippen LogP contribution in [0, 0.1) is 0 Å². The highest BCUT2D eigenvalue weighted by atomic mass is 35.5. The van der Waals surface area contributed by atoms with Crippen molar-refractivity contribution >= 4 is 23.2 Å². The van der Waals surface area contributed by atoms with E-state index < -0.39 is 0 Å². The van der Waals surface area contributed by atoms with Crippen molar-refractivity contribution in [1.29, 1.82) is 0 Å². The smallest absolute Gasteiger partial charge is 0.254 e. The van der Waals surface area contributed by atoms with Crippen LogP contribution in [0.2, 0.25) is 5.02 Å². The topological polar surface area (TPSA) is 32.3 Å². The molecule has 1 aromatic carbocycles. The molecule has 0 aliphatic heterocycles. The minimum atomic E-state index is -0.0581. The predicted molar refractivity (Wildman–Crippen MR) is 80.0 cm³/mol. The normalized spacial score (nSPS) is 16.2. The van der Waals surface area contributed by atoms with E-state index in [1.165, 1.54) is 32.1 Å². The van der Waals surface area contributed by atoms with Crippen LogP contribution in [0.5, 0.6) is 0 Å². The molecule has 1 aliphatic rings. The molecule has 1 aliphatic carbocycles. The van der Waals surface area contributed by atoms with Crippen LogP contribution in [0.1, 0.15) is 42.5 Å². The zero-order chi connectivity index (χ0) is 13.8. The summed E-state index contributed by atoms with van der Waals surface area (Å²) in [7, 11) is 3.47. The van der Waals surface area contributed by atoms with Crippen LogP contribution in [-0.2, 0) is 0 Å². The maximum Gasteiger partial charge on any atom is 0.254 e. The van der Waals surface area contributed by atoms with Crippen molar-refractivity contribution in [3.63, 3.8) is 0 Å². The lowest BCUT2D eigenvalue weighted by atomic mass is 9.95. The number of carbonyl (C=O) groups excluding carboxylic acids is 1. The van der Waals surface area contributed by atoms with Crippen LogP contribution < -0.4 is 5.32 Å². The van der Waals surface area contributed by atoms with Gasteiger partial charge in [-0.2, -0.15) is 0 Å². The minimum Gasteiger partial charge on any atom is -0.382 e. The van der Waals surface area contributed by atoms with Gasteiger partial charge in [-0.1, -0.05) is 30.9 Å². The number of hydrogen-bond acceptors (Lipinski definition) is 2. The van der Waals surface area contributed by atoms with E-state index in [1.807, 2.05) is 12.1 Å². The Kier molecular flexibility index (Phi) is 4.70. The van der Waals surface area contributed by atoms with E-state index in [0.717, 1.165) is 5.69 Å². The molecule has 1 N–H and O–H groups in total. The van der Waals surface area contributed by atoms with Gasteiger partial charge in [0.15, 0.2) is 0 Å². The zero-order valence-electron chi connectivity index (χ0n) is 11.6. The molecule has 1 aromatic rings. The van der Waals surface area contributed by atoms with Gasteiger partial charge in [-0.05, 0) is 31.0 Å². The van der Waals surface area contributed by atoms with Crippen LogP contribution >= 0.6 is 11.6 Å². The molecule has 2 rings (SSSR count). The monoisotopic (exact) mass is 280 g/mol. The van der Waals surface area contributed by atoms with Crippen molar-refractivity contribution in [2.45, 2.75) is 38.1 Å². The summed E-state index contributed by atoms with van der Waals surface area (Å²) < 4.78 is 0. The summed E-state index contributed by atoms with van der Waals surface area (Å²) in [6.45, 7) is 0. The van der Waals surface area contributed by atoms with E-state index in [-0.39, 0.29) is 5.91 Å². The average Bonchev–Trinajstić information content (AvgIpc) is 2.41. The lowest BCUT2D eigenvalue weighted by Crippen LogP contribution is -2.24. The number of nitrogens with one attached hydrogen (secondary N) is 1. The molecule has 0 heterocycles. The molecule has 4 heteroatoms. The van der Waals surface area contributed by atoms with Gasteiger partial charge in [0.2, 0.25) is 0 Å². The number of hydrogen-bond donors (Lipinski definition) is 1. The number of anilines is 1. The quantitative estimate of drug-likeness (QED) is 0.914. The highest BCUT2D eigenvalue weighted by Gasteiger charge is 2.16. The maximum atomic E-state index is 12.0. The van der Waals surface area contributed by atoms with Crippen LogP contribution in [-0.4, -0.2) is 30.9 Å². The van der Waals surface area contributed by atoms with Gasteiger partial charge in [0.25, 0.3) is 5.91 Å². The Morgan fingerprint density at radius 2 is 1.95 bits per heavy atom. The molecule has 0 spiro atoms. The van der Waals surface area contributed by atoms with Crippen molar-refractivity contribution < 1.29 is 4.79 Å². The molecular formula is C15H21ClN2O. The third-order valence-corrected chi connectivity index (χ3v) is 3.91. The highest BCUT2D eigenvalue weighted by molar-refractivity contribution is 6.34. The SMILES string of the molecule is CN(C)C(=O)c1cc(NC2CCCCC2)ccc1Cl. The molecular weight excluding hydrogens is 260 g/mol. The van der Waals surface area contributed by atoms with Crippen molar-refractivity contribution in [2.75, 3.05) is 19.4 Å². The molecule has 1 amide bonds. The Hall–Kier alpha value is -1.22. The molecule has 0 atom stereocenters. The second-order valence-electron chi connectivity index (χ2n) is 5.37. The Morgan fingerprint density at radius 3 is 2.58 bits per heavy atom. The van der Waals surface area contributed by atoms with Gasteiger partial charge in [0, 0.05) is 25.8 Å². The molecule has 0 saturated heterocycles. The third-order valence-electron chi connectivity index (χ3n) is 3.58. The van der Waals surface area contributed by atoms with Crippen molar-refractivity contribution in [3.8, 4) is 0 Å². The first-order valence-corrected chi connectivity index (χ1v) is 7.23. The van der Waals surface area contributed by atoms with E-state index in [0.29, 0.717) is 16.6 Å². The Balaban J connectivity index is 2.13. The van der Waals surface area contributed by atoms with Crippen molar-refractivity contribution in [2.24, 2.45) is 0 Å². The maximum absolute atomic E-state index is 12.0. The van der Waals surface area contributed by atoms with E-state index in [2.05, 4.69) is 5.32 Å². The van der Waals surface area contributed by atoms with Gasteiger partial charge in [-0.3, -0.25) is 4.79 Å². The number of benzene rings is 1. The molecule has 0 unspecified atom stereocenters. The van der Waals surface area contributed by atoms with Gasteiger partial charge < -0.3 is 10.2 Å². The van der Waals surface area contributed by atoms with Crippen molar-refractivity contribution in [3.05, 3.63) is 28.8 Å². The molecule has 1 fully saturated rings. The summed E-state index contributed by atoms with van der Waals surface area (Å²) in [6.07, 6.45) is 6.33. The van der Waals surface area contributed by atoms with Crippen LogP contribution in [0.15, 0.2) is 18.2 Å². The van der Waals surface area contributed by atoms with Crippen LogP contribution in [0.3, 0.4) is 0 Å². The molecule has 0 bridgehead atoms. The largest absolute Gasteiger partial charge is 0.382 e. The molecule has 104 valence electrons. The lowest BCUT2D eigenvalue weighted by molar-refractivity contribution is 0.0828. The summed E-state index contributed by atoms with van der Waals surface area (Å²) in [4.78, 5) is 13.6. The number of amides is 1. The Labute approximate surface area is 119 Å². The van der Waals surface area contributed by atoms with Crippen molar-refractivity contribution in [1.82, 2.24) is 4.90 Å². The van der Waals surface area contributed by atoms with Gasteiger partial charge in [-0.15, -0.1) is 0 Å². The van der Waals surface area contributed by atoms with Crippen LogP contribution in [0.4, 0.5) is 5.69 Å². The molecule has 19 heavy (non-hydrogen) atoms. The summed E-state index contributed by atoms with van der Waals surface area (Å²) in [5.41, 5.74) is 1.55. The number of nitrogens with zero attached hydrogens (tertiary/aromatic N) is 1. The van der Waals surface area contributed by atoms with Gasteiger partial charge >= 0.3 is 0 Å². The van der Waals surface area contributed by atoms with Crippen LogP contribution in [0.25, 0.3) is 0 Å². The van der Waals surface area contributed by atoms with Gasteiger partial charge in [0.05, 0.1) is 10.6 Å². The van der Waals surface area contributed by atoms with Gasteiger partial charge in [-0.25, -0.2) is 0 Å². The summed E-state index contributed by atoms with van der Waals surface area (Å²) in [5.74, 6) is -0.0581. The molecule has 1 saturated carbocycles. The molecule has 0 aromatic heterocycles. The fraction of sp³-hybridized carbons (Fsp3) is 0.533. The number of rotatable bonds is 3. The lowest BCUT2D eigenvalue weighted by Gasteiger charge is -2.24. The first-order valence-electron chi connectivity index (χ1n) is 6.85. The minimum absolute atomic E-state index is 0.0581. The zero-order valence-corrected chi connectivity index (χ0v) is 12.3. The third kappa shape index (κ3) is 3.63. The second-order valence-corrected chi connectivity index (χ2v) is 5.78. The van der Waals surface area contributed by atoms with E-state index >= 15 is 0 Å². The molecule has 3 nitrogen and oxygen atoms in total. The first kappa shape index (κ1) is 14.2. The fourth-order valence-corrected chi connectivity index (χ4v) is 2.70.